The third-order valence-corrected chi connectivity index (χ3v) is 3.24. The van der Waals surface area contributed by atoms with Gasteiger partial charge in [0.05, 0.1) is 0 Å². The molecule has 0 aromatic rings. The Morgan fingerprint density at radius 3 is 1.27 bits per heavy atom. The van der Waals surface area contributed by atoms with Crippen molar-refractivity contribution in [2.75, 3.05) is 20.1 Å². The van der Waals surface area contributed by atoms with E-state index in [0.29, 0.717) is 0 Å². The second-order valence-corrected chi connectivity index (χ2v) is 5.81. The summed E-state index contributed by atoms with van der Waals surface area (Å²) in [6.45, 7) is 10.3. The summed E-state index contributed by atoms with van der Waals surface area (Å²) in [6.07, 6.45) is 4.28. The first-order chi connectivity index (χ1) is 6.64. The zero-order chi connectivity index (χ0) is 12.1. The van der Waals surface area contributed by atoms with Crippen LogP contribution in [0.3, 0.4) is 0 Å². The molecule has 92 valence electrons. The SMILES string of the molecule is CC(C)(N)C(C)(C)N.CN1CCCCC1. The molecular formula is C12H29N3. The van der Waals surface area contributed by atoms with E-state index in [-0.39, 0.29) is 11.1 Å². The van der Waals surface area contributed by atoms with Crippen LogP contribution >= 0.6 is 0 Å². The summed E-state index contributed by atoms with van der Waals surface area (Å²) >= 11 is 0. The maximum absolute atomic E-state index is 5.69. The molecule has 0 amide bonds. The summed E-state index contributed by atoms with van der Waals surface area (Å²) in [5.74, 6) is 0. The average molecular weight is 215 g/mol. The van der Waals surface area contributed by atoms with E-state index in [1.807, 2.05) is 27.7 Å². The molecule has 0 atom stereocenters. The molecule has 1 aliphatic heterocycles. The monoisotopic (exact) mass is 215 g/mol. The van der Waals surface area contributed by atoms with Crippen LogP contribution in [0.5, 0.6) is 0 Å². The van der Waals surface area contributed by atoms with Gasteiger partial charge < -0.3 is 16.4 Å². The predicted molar refractivity (Wildman–Crippen MR) is 67.9 cm³/mol. The lowest BCUT2D eigenvalue weighted by Gasteiger charge is -2.34. The van der Waals surface area contributed by atoms with E-state index in [1.54, 1.807) is 0 Å². The lowest BCUT2D eigenvalue weighted by atomic mass is 9.85. The van der Waals surface area contributed by atoms with Crippen LogP contribution in [-0.4, -0.2) is 36.1 Å². The van der Waals surface area contributed by atoms with Gasteiger partial charge in [0.25, 0.3) is 0 Å². The number of rotatable bonds is 1. The van der Waals surface area contributed by atoms with Crippen molar-refractivity contribution >= 4 is 0 Å². The Bertz CT molecular complexity index is 147. The Hall–Kier alpha value is -0.120. The Labute approximate surface area is 95.2 Å². The minimum Gasteiger partial charge on any atom is -0.324 e. The van der Waals surface area contributed by atoms with Gasteiger partial charge in [-0.25, -0.2) is 0 Å². The minimum absolute atomic E-state index is 0.285. The molecule has 0 aromatic carbocycles. The molecule has 1 heterocycles. The number of nitrogens with two attached hydrogens (primary N) is 2. The molecule has 1 aliphatic rings. The number of hydrogen-bond donors (Lipinski definition) is 2. The Kier molecular flexibility index (Phi) is 5.78. The molecule has 0 aliphatic carbocycles. The third-order valence-electron chi connectivity index (χ3n) is 3.24. The molecule has 15 heavy (non-hydrogen) atoms. The highest BCUT2D eigenvalue weighted by atomic mass is 15.1. The van der Waals surface area contributed by atoms with Gasteiger partial charge in [0.2, 0.25) is 0 Å². The fraction of sp³-hybridized carbons (Fsp3) is 1.00. The van der Waals surface area contributed by atoms with E-state index in [2.05, 4.69) is 11.9 Å². The smallest absolute Gasteiger partial charge is 0.0274 e. The van der Waals surface area contributed by atoms with E-state index in [4.69, 9.17) is 11.5 Å². The van der Waals surface area contributed by atoms with Crippen LogP contribution < -0.4 is 11.5 Å². The summed E-state index contributed by atoms with van der Waals surface area (Å²) in [5, 5.41) is 0. The van der Waals surface area contributed by atoms with Gasteiger partial charge in [-0.3, -0.25) is 0 Å². The quantitative estimate of drug-likeness (QED) is 0.698. The lowest BCUT2D eigenvalue weighted by Crippen LogP contribution is -2.58. The second kappa shape index (κ2) is 5.83. The van der Waals surface area contributed by atoms with Crippen molar-refractivity contribution in [3.05, 3.63) is 0 Å². The lowest BCUT2D eigenvalue weighted by molar-refractivity contribution is 0.277. The first-order valence-electron chi connectivity index (χ1n) is 5.91. The molecule has 0 radical (unpaired) electrons. The Morgan fingerprint density at radius 1 is 0.800 bits per heavy atom. The zero-order valence-electron chi connectivity index (χ0n) is 11.1. The molecular weight excluding hydrogens is 186 g/mol. The van der Waals surface area contributed by atoms with Gasteiger partial charge >= 0.3 is 0 Å². The molecule has 1 rings (SSSR count). The molecule has 0 saturated carbocycles. The highest BCUT2D eigenvalue weighted by Gasteiger charge is 2.28. The van der Waals surface area contributed by atoms with Crippen LogP contribution in [0.25, 0.3) is 0 Å². The summed E-state index contributed by atoms with van der Waals surface area (Å²) in [6, 6.07) is 0. The van der Waals surface area contributed by atoms with E-state index in [9.17, 15) is 0 Å². The number of nitrogens with zero attached hydrogens (tertiary/aromatic N) is 1. The zero-order valence-corrected chi connectivity index (χ0v) is 11.1. The molecule has 0 unspecified atom stereocenters. The maximum Gasteiger partial charge on any atom is 0.0274 e. The Morgan fingerprint density at radius 2 is 1.13 bits per heavy atom. The largest absolute Gasteiger partial charge is 0.324 e. The van der Waals surface area contributed by atoms with Crippen LogP contribution in [0.1, 0.15) is 47.0 Å². The van der Waals surface area contributed by atoms with Crippen molar-refractivity contribution in [1.29, 1.82) is 0 Å². The van der Waals surface area contributed by atoms with Gasteiger partial charge in [-0.2, -0.15) is 0 Å². The third kappa shape index (κ3) is 6.88. The van der Waals surface area contributed by atoms with Gasteiger partial charge in [-0.1, -0.05) is 6.42 Å². The first-order valence-corrected chi connectivity index (χ1v) is 5.91. The number of piperidine rings is 1. The van der Waals surface area contributed by atoms with Gasteiger partial charge in [0, 0.05) is 11.1 Å². The van der Waals surface area contributed by atoms with Crippen LogP contribution in [-0.2, 0) is 0 Å². The molecule has 3 heteroatoms. The molecule has 0 bridgehead atoms. The summed E-state index contributed by atoms with van der Waals surface area (Å²) < 4.78 is 0. The van der Waals surface area contributed by atoms with Crippen molar-refractivity contribution < 1.29 is 0 Å². The molecule has 3 nitrogen and oxygen atoms in total. The van der Waals surface area contributed by atoms with Crippen molar-refractivity contribution in [3.63, 3.8) is 0 Å². The minimum atomic E-state index is -0.285. The van der Waals surface area contributed by atoms with Gasteiger partial charge in [0.15, 0.2) is 0 Å². The number of likely N-dealkylation sites (tertiary alicyclic amines) is 1. The Balaban J connectivity index is 0.000000262. The van der Waals surface area contributed by atoms with Crippen molar-refractivity contribution in [3.8, 4) is 0 Å². The van der Waals surface area contributed by atoms with Crippen LogP contribution in [0, 0.1) is 0 Å². The summed E-state index contributed by atoms with van der Waals surface area (Å²) in [4.78, 5) is 2.39. The molecule has 1 saturated heterocycles. The fourth-order valence-corrected chi connectivity index (χ4v) is 1.05. The van der Waals surface area contributed by atoms with Crippen molar-refractivity contribution in [2.24, 2.45) is 11.5 Å². The van der Waals surface area contributed by atoms with Crippen LogP contribution in [0.4, 0.5) is 0 Å². The fourth-order valence-electron chi connectivity index (χ4n) is 1.05. The average Bonchev–Trinajstić information content (AvgIpc) is 2.02. The molecule has 0 aromatic heterocycles. The maximum atomic E-state index is 5.69. The van der Waals surface area contributed by atoms with E-state index >= 15 is 0 Å². The molecule has 4 N–H and O–H groups in total. The molecule has 0 spiro atoms. The first kappa shape index (κ1) is 14.9. The van der Waals surface area contributed by atoms with E-state index in [0.717, 1.165) is 0 Å². The van der Waals surface area contributed by atoms with Gasteiger partial charge in [-0.15, -0.1) is 0 Å². The van der Waals surface area contributed by atoms with Crippen LogP contribution in [0.2, 0.25) is 0 Å². The highest BCUT2D eigenvalue weighted by Crippen LogP contribution is 2.13. The molecule has 1 fully saturated rings. The van der Waals surface area contributed by atoms with Gasteiger partial charge in [0.1, 0.15) is 0 Å². The second-order valence-electron chi connectivity index (χ2n) is 5.81. The van der Waals surface area contributed by atoms with Gasteiger partial charge in [-0.05, 0) is 60.7 Å². The normalized spacial score (nSPS) is 19.4. The van der Waals surface area contributed by atoms with E-state index < -0.39 is 0 Å². The summed E-state index contributed by atoms with van der Waals surface area (Å²) in [5.41, 5.74) is 10.8. The highest BCUT2D eigenvalue weighted by molar-refractivity contribution is 4.93. The van der Waals surface area contributed by atoms with Crippen molar-refractivity contribution in [2.45, 2.75) is 58.0 Å². The van der Waals surface area contributed by atoms with E-state index in [1.165, 1.54) is 32.4 Å². The number of hydrogen-bond acceptors (Lipinski definition) is 3. The van der Waals surface area contributed by atoms with Crippen LogP contribution in [0.15, 0.2) is 0 Å². The summed E-state index contributed by atoms with van der Waals surface area (Å²) in [7, 11) is 2.19. The van der Waals surface area contributed by atoms with Crippen molar-refractivity contribution in [1.82, 2.24) is 4.90 Å². The predicted octanol–water partition coefficient (Wildman–Crippen LogP) is 1.56. The standard InChI is InChI=1S/C6H16N2.C6H13N/c1-5(2,7)6(3,4)8;1-7-5-3-2-4-6-7/h7-8H2,1-4H3;2-6H2,1H3. The topological polar surface area (TPSA) is 55.3 Å².